The Kier molecular flexibility index (Phi) is 5.63. The largest absolute Gasteiger partial charge is 0.466 e. The zero-order chi connectivity index (χ0) is 12.1. The summed E-state index contributed by atoms with van der Waals surface area (Å²) in [5.74, 6) is 0.122. The molecule has 0 rings (SSSR count). The van der Waals surface area contributed by atoms with Crippen molar-refractivity contribution in [2.75, 3.05) is 6.61 Å². The first-order valence-corrected chi connectivity index (χ1v) is 5.62. The fourth-order valence-electron chi connectivity index (χ4n) is 1.54. The Labute approximate surface area is 93.7 Å². The minimum absolute atomic E-state index is 0.0672. The van der Waals surface area contributed by atoms with E-state index in [9.17, 15) is 4.79 Å². The van der Waals surface area contributed by atoms with Gasteiger partial charge in [0.2, 0.25) is 0 Å². The molecule has 0 bridgehead atoms. The van der Waals surface area contributed by atoms with Crippen LogP contribution >= 0.6 is 0 Å². The van der Waals surface area contributed by atoms with Gasteiger partial charge >= 0.3 is 5.97 Å². The van der Waals surface area contributed by atoms with Gasteiger partial charge < -0.3 is 4.74 Å². The summed E-state index contributed by atoms with van der Waals surface area (Å²) < 4.78 is 5.09. The topological polar surface area (TPSA) is 26.3 Å². The van der Waals surface area contributed by atoms with Gasteiger partial charge in [0.1, 0.15) is 0 Å². The Morgan fingerprint density at radius 1 is 1.47 bits per heavy atom. The second-order valence-electron chi connectivity index (χ2n) is 5.04. The van der Waals surface area contributed by atoms with E-state index in [2.05, 4.69) is 34.3 Å². The summed E-state index contributed by atoms with van der Waals surface area (Å²) in [5.41, 5.74) is 0.112. The first kappa shape index (κ1) is 14.2. The molecule has 0 aromatic rings. The van der Waals surface area contributed by atoms with Crippen molar-refractivity contribution in [2.24, 2.45) is 17.3 Å². The molecular weight excluding hydrogens is 188 g/mol. The molecule has 0 aromatic carbocycles. The zero-order valence-electron chi connectivity index (χ0n) is 10.7. The minimum Gasteiger partial charge on any atom is -0.466 e. The summed E-state index contributed by atoms with van der Waals surface area (Å²) in [4.78, 5) is 11.8. The number of allylic oxidation sites excluding steroid dienone is 1. The van der Waals surface area contributed by atoms with Crippen LogP contribution in [0, 0.1) is 17.3 Å². The number of carbonyl (C=O) groups is 1. The molecule has 0 aliphatic rings. The third-order valence-electron chi connectivity index (χ3n) is 2.98. The number of rotatable bonds is 5. The maximum Gasteiger partial charge on any atom is 0.309 e. The quantitative estimate of drug-likeness (QED) is 0.515. The molecule has 2 heteroatoms. The lowest BCUT2D eigenvalue weighted by atomic mass is 9.73. The van der Waals surface area contributed by atoms with Gasteiger partial charge in [0, 0.05) is 0 Å². The van der Waals surface area contributed by atoms with Gasteiger partial charge in [0.25, 0.3) is 0 Å². The van der Waals surface area contributed by atoms with E-state index in [4.69, 9.17) is 4.74 Å². The standard InChI is InChI=1S/C13H24O2/c1-7-9-11(12(14)15-8-2)10(3)13(4,5)6/h7,10-11H,1,8-9H2,2-6H3/t10-,11+/m1/s1. The van der Waals surface area contributed by atoms with E-state index in [1.165, 1.54) is 0 Å². The van der Waals surface area contributed by atoms with Crippen LogP contribution in [-0.4, -0.2) is 12.6 Å². The van der Waals surface area contributed by atoms with Gasteiger partial charge in [-0.3, -0.25) is 4.79 Å². The molecule has 88 valence electrons. The molecule has 0 aliphatic heterocycles. The molecule has 0 fully saturated rings. The maximum atomic E-state index is 11.8. The number of carbonyl (C=O) groups excluding carboxylic acids is 1. The van der Waals surface area contributed by atoms with Gasteiger partial charge in [0.15, 0.2) is 0 Å². The summed E-state index contributed by atoms with van der Waals surface area (Å²) in [6.45, 7) is 14.5. The molecule has 0 amide bonds. The van der Waals surface area contributed by atoms with Crippen molar-refractivity contribution < 1.29 is 9.53 Å². The van der Waals surface area contributed by atoms with Crippen molar-refractivity contribution in [2.45, 2.75) is 41.0 Å². The van der Waals surface area contributed by atoms with Crippen molar-refractivity contribution >= 4 is 5.97 Å². The summed E-state index contributed by atoms with van der Waals surface area (Å²) in [7, 11) is 0. The second-order valence-corrected chi connectivity index (χ2v) is 5.04. The van der Waals surface area contributed by atoms with Crippen molar-refractivity contribution in [3.05, 3.63) is 12.7 Å². The maximum absolute atomic E-state index is 11.8. The van der Waals surface area contributed by atoms with Gasteiger partial charge in [-0.1, -0.05) is 33.8 Å². The predicted molar refractivity (Wildman–Crippen MR) is 63.6 cm³/mol. The Morgan fingerprint density at radius 2 is 2.00 bits per heavy atom. The second kappa shape index (κ2) is 5.94. The van der Waals surface area contributed by atoms with Gasteiger partial charge in [-0.05, 0) is 24.7 Å². The summed E-state index contributed by atoms with van der Waals surface area (Å²) in [5, 5.41) is 0. The van der Waals surface area contributed by atoms with Gasteiger partial charge in [-0.15, -0.1) is 6.58 Å². The van der Waals surface area contributed by atoms with E-state index in [0.717, 1.165) is 0 Å². The third kappa shape index (κ3) is 4.50. The highest BCUT2D eigenvalue weighted by Gasteiger charge is 2.33. The van der Waals surface area contributed by atoms with E-state index in [1.54, 1.807) is 6.08 Å². The van der Waals surface area contributed by atoms with Crippen molar-refractivity contribution in [3.63, 3.8) is 0 Å². The summed E-state index contributed by atoms with van der Waals surface area (Å²) >= 11 is 0. The monoisotopic (exact) mass is 212 g/mol. The van der Waals surface area contributed by atoms with Crippen LogP contribution in [0.25, 0.3) is 0 Å². The highest BCUT2D eigenvalue weighted by atomic mass is 16.5. The van der Waals surface area contributed by atoms with Crippen LogP contribution in [-0.2, 0) is 9.53 Å². The lowest BCUT2D eigenvalue weighted by molar-refractivity contribution is -0.151. The molecule has 0 N–H and O–H groups in total. The van der Waals surface area contributed by atoms with Gasteiger partial charge in [-0.25, -0.2) is 0 Å². The molecular formula is C13H24O2. The van der Waals surface area contributed by atoms with Gasteiger partial charge in [-0.2, -0.15) is 0 Å². The van der Waals surface area contributed by atoms with Crippen LogP contribution in [0.3, 0.4) is 0 Å². The fourth-order valence-corrected chi connectivity index (χ4v) is 1.54. The smallest absolute Gasteiger partial charge is 0.309 e. The lowest BCUT2D eigenvalue weighted by Gasteiger charge is -2.32. The van der Waals surface area contributed by atoms with E-state index in [0.29, 0.717) is 13.0 Å². The molecule has 0 saturated carbocycles. The zero-order valence-corrected chi connectivity index (χ0v) is 10.7. The van der Waals surface area contributed by atoms with Crippen LogP contribution in [0.1, 0.15) is 41.0 Å². The van der Waals surface area contributed by atoms with E-state index < -0.39 is 0 Å². The normalized spacial score (nSPS) is 15.5. The van der Waals surface area contributed by atoms with Crippen LogP contribution in [0.5, 0.6) is 0 Å². The minimum atomic E-state index is -0.0974. The highest BCUT2D eigenvalue weighted by Crippen LogP contribution is 2.34. The first-order chi connectivity index (χ1) is 6.84. The highest BCUT2D eigenvalue weighted by molar-refractivity contribution is 5.73. The van der Waals surface area contributed by atoms with Crippen molar-refractivity contribution in [1.82, 2.24) is 0 Å². The Hall–Kier alpha value is -0.790. The summed E-state index contributed by atoms with van der Waals surface area (Å²) in [6.07, 6.45) is 2.49. The number of esters is 1. The van der Waals surface area contributed by atoms with Gasteiger partial charge in [0.05, 0.1) is 12.5 Å². The number of hydrogen-bond acceptors (Lipinski definition) is 2. The van der Waals surface area contributed by atoms with E-state index in [1.807, 2.05) is 6.92 Å². The van der Waals surface area contributed by atoms with Crippen LogP contribution < -0.4 is 0 Å². The lowest BCUT2D eigenvalue weighted by Crippen LogP contribution is -2.32. The fraction of sp³-hybridized carbons (Fsp3) is 0.769. The molecule has 2 nitrogen and oxygen atoms in total. The Morgan fingerprint density at radius 3 is 2.33 bits per heavy atom. The molecule has 0 saturated heterocycles. The molecule has 0 unspecified atom stereocenters. The van der Waals surface area contributed by atoms with E-state index >= 15 is 0 Å². The van der Waals surface area contributed by atoms with Crippen LogP contribution in [0.4, 0.5) is 0 Å². The van der Waals surface area contributed by atoms with Crippen molar-refractivity contribution in [3.8, 4) is 0 Å². The molecule has 2 atom stereocenters. The van der Waals surface area contributed by atoms with Crippen LogP contribution in [0.2, 0.25) is 0 Å². The summed E-state index contributed by atoms with van der Waals surface area (Å²) in [6, 6.07) is 0. The van der Waals surface area contributed by atoms with Crippen LogP contribution in [0.15, 0.2) is 12.7 Å². The first-order valence-electron chi connectivity index (χ1n) is 5.62. The Balaban J connectivity index is 4.64. The third-order valence-corrected chi connectivity index (χ3v) is 2.98. The SMILES string of the molecule is C=CC[C@H](C(=O)OCC)[C@@H](C)C(C)(C)C. The molecule has 0 spiro atoms. The molecule has 0 aromatic heterocycles. The van der Waals surface area contributed by atoms with E-state index in [-0.39, 0.29) is 23.2 Å². The van der Waals surface area contributed by atoms with Crippen molar-refractivity contribution in [1.29, 1.82) is 0 Å². The molecule has 0 heterocycles. The molecule has 0 aliphatic carbocycles. The average Bonchev–Trinajstić information content (AvgIpc) is 2.12. The number of hydrogen-bond donors (Lipinski definition) is 0. The molecule has 0 radical (unpaired) electrons. The average molecular weight is 212 g/mol. The Bertz CT molecular complexity index is 213. The number of ether oxygens (including phenoxy) is 1. The molecule has 15 heavy (non-hydrogen) atoms. The predicted octanol–water partition coefficient (Wildman–Crippen LogP) is 3.42.